The number of aromatic nitrogens is 3. The van der Waals surface area contributed by atoms with E-state index in [9.17, 15) is 9.00 Å². The SMILES string of the molecule is CCN(CC)c1ccc(N=C2C(C(C)(C)C)=Nn3nc(-c4cc(NS(=O)Oc5cc(C(C)(C)CC(C)(C)C)ccc5OCCOc5ccc(OC)cc5)cc(C(=O)NCc5ccc(C)cc5C)c4)nc32)cc1. The molecule has 72 heavy (non-hydrogen) atoms. The summed E-state index contributed by atoms with van der Waals surface area (Å²) in [4.78, 5) is 28.0. The highest BCUT2D eigenvalue weighted by Crippen LogP contribution is 2.40. The van der Waals surface area contributed by atoms with Gasteiger partial charge in [-0.05, 0) is 140 Å². The number of ether oxygens (including phenoxy) is 3. The van der Waals surface area contributed by atoms with Gasteiger partial charge in [0.2, 0.25) is 5.82 Å². The molecule has 14 nitrogen and oxygen atoms in total. The lowest BCUT2D eigenvalue weighted by Crippen LogP contribution is -2.27. The zero-order valence-electron chi connectivity index (χ0n) is 44.1. The van der Waals surface area contributed by atoms with Gasteiger partial charge in [0.15, 0.2) is 17.3 Å². The van der Waals surface area contributed by atoms with Crippen LogP contribution in [0, 0.1) is 24.7 Å². The molecule has 2 N–H and O–H groups in total. The van der Waals surface area contributed by atoms with E-state index in [4.69, 9.17) is 38.6 Å². The van der Waals surface area contributed by atoms with Gasteiger partial charge in [-0.3, -0.25) is 9.52 Å². The molecule has 0 radical (unpaired) electrons. The highest BCUT2D eigenvalue weighted by molar-refractivity contribution is 7.82. The minimum absolute atomic E-state index is 0.0357. The maximum Gasteiger partial charge on any atom is 0.316 e. The summed E-state index contributed by atoms with van der Waals surface area (Å²) in [6, 6.07) is 32.4. The van der Waals surface area contributed by atoms with E-state index in [2.05, 4.69) is 102 Å². The molecule has 5 aromatic carbocycles. The van der Waals surface area contributed by atoms with Gasteiger partial charge in [0, 0.05) is 41.9 Å². The first-order valence-corrected chi connectivity index (χ1v) is 25.6. The first-order chi connectivity index (χ1) is 34.1. The van der Waals surface area contributed by atoms with Gasteiger partial charge in [-0.2, -0.15) is 9.31 Å². The number of aryl methyl sites for hydroxylation is 2. The van der Waals surface area contributed by atoms with Crippen molar-refractivity contribution in [2.24, 2.45) is 20.9 Å². The van der Waals surface area contributed by atoms with Crippen LogP contribution in [0.1, 0.15) is 114 Å². The number of hydrogen-bond donors (Lipinski definition) is 2. The molecule has 1 atom stereocenters. The number of aliphatic imine (C=N–C) groups is 1. The van der Waals surface area contributed by atoms with E-state index in [-0.39, 0.29) is 41.1 Å². The van der Waals surface area contributed by atoms with Crippen molar-refractivity contribution in [3.8, 4) is 34.4 Å². The molecule has 1 aromatic heterocycles. The average molecular weight is 995 g/mol. The second-order valence-corrected chi connectivity index (χ2v) is 21.8. The van der Waals surface area contributed by atoms with Gasteiger partial charge < -0.3 is 28.6 Å². The van der Waals surface area contributed by atoms with E-state index in [1.165, 1.54) is 4.79 Å². The third kappa shape index (κ3) is 13.3. The summed E-state index contributed by atoms with van der Waals surface area (Å²) in [7, 11) is 1.62. The van der Waals surface area contributed by atoms with Crippen molar-refractivity contribution in [3.05, 3.63) is 137 Å². The monoisotopic (exact) mass is 995 g/mol. The molecular weight excluding hydrogens is 925 g/mol. The van der Waals surface area contributed by atoms with Crippen molar-refractivity contribution in [1.82, 2.24) is 20.2 Å². The fraction of sp³-hybridized carbons (Fsp3) is 0.386. The number of benzene rings is 5. The molecule has 1 aliphatic rings. The molecule has 0 saturated heterocycles. The van der Waals surface area contributed by atoms with Crippen molar-refractivity contribution in [3.63, 3.8) is 0 Å². The van der Waals surface area contributed by atoms with Crippen molar-refractivity contribution in [2.75, 3.05) is 43.0 Å². The molecule has 1 amide bonds. The number of carbonyl (C=O) groups is 1. The molecule has 380 valence electrons. The molecule has 6 aromatic rings. The van der Waals surface area contributed by atoms with Crippen molar-refractivity contribution < 1.29 is 27.4 Å². The van der Waals surface area contributed by atoms with E-state index in [0.29, 0.717) is 52.2 Å². The summed E-state index contributed by atoms with van der Waals surface area (Å²) < 4.78 is 40.9. The van der Waals surface area contributed by atoms with Gasteiger partial charge in [-0.25, -0.2) is 9.98 Å². The first kappa shape index (κ1) is 52.8. The Morgan fingerprint density at radius 2 is 1.49 bits per heavy atom. The van der Waals surface area contributed by atoms with Gasteiger partial charge >= 0.3 is 11.3 Å². The summed E-state index contributed by atoms with van der Waals surface area (Å²) in [6.07, 6.45) is 0.879. The van der Waals surface area contributed by atoms with E-state index >= 15 is 0 Å². The number of methoxy groups -OCH3 is 1. The summed E-state index contributed by atoms with van der Waals surface area (Å²) >= 11 is -2.19. The molecule has 0 saturated carbocycles. The van der Waals surface area contributed by atoms with Gasteiger partial charge in [-0.1, -0.05) is 85.2 Å². The Bertz CT molecular complexity index is 2960. The number of amides is 1. The van der Waals surface area contributed by atoms with Gasteiger partial charge in [-0.15, -0.1) is 9.89 Å². The fourth-order valence-corrected chi connectivity index (χ4v) is 9.59. The Labute approximate surface area is 428 Å². The van der Waals surface area contributed by atoms with Gasteiger partial charge in [0.05, 0.1) is 24.2 Å². The summed E-state index contributed by atoms with van der Waals surface area (Å²) in [5.41, 5.74) is 7.91. The van der Waals surface area contributed by atoms with Crippen LogP contribution < -0.4 is 33.3 Å². The summed E-state index contributed by atoms with van der Waals surface area (Å²) in [5, 5.41) is 12.8. The minimum Gasteiger partial charge on any atom is -0.497 e. The Morgan fingerprint density at radius 1 is 0.792 bits per heavy atom. The van der Waals surface area contributed by atoms with Crippen LogP contribution in [0.5, 0.6) is 23.0 Å². The zero-order chi connectivity index (χ0) is 52.0. The summed E-state index contributed by atoms with van der Waals surface area (Å²) in [6.45, 7) is 28.1. The van der Waals surface area contributed by atoms with Crippen LogP contribution in [-0.4, -0.2) is 69.8 Å². The molecule has 1 unspecified atom stereocenters. The number of anilines is 2. The van der Waals surface area contributed by atoms with E-state index in [1.807, 2.05) is 80.6 Å². The summed E-state index contributed by atoms with van der Waals surface area (Å²) in [5.74, 6) is 2.49. The Kier molecular flexibility index (Phi) is 16.3. The predicted molar refractivity (Wildman–Crippen MR) is 291 cm³/mol. The zero-order valence-corrected chi connectivity index (χ0v) is 44.9. The molecule has 1 aliphatic heterocycles. The van der Waals surface area contributed by atoms with Crippen LogP contribution >= 0.6 is 0 Å². The Balaban J connectivity index is 1.21. The topological polar surface area (TPSA) is 154 Å². The number of nitrogens with zero attached hydrogens (tertiary/aromatic N) is 6. The van der Waals surface area contributed by atoms with Crippen molar-refractivity contribution in [1.29, 1.82) is 0 Å². The van der Waals surface area contributed by atoms with Crippen LogP contribution in [0.25, 0.3) is 11.4 Å². The number of hydrogen-bond acceptors (Lipinski definition) is 11. The Morgan fingerprint density at radius 3 is 2.14 bits per heavy atom. The average Bonchev–Trinajstić information content (AvgIpc) is 3.90. The molecule has 0 spiro atoms. The molecule has 0 fully saturated rings. The van der Waals surface area contributed by atoms with E-state index in [1.54, 1.807) is 25.3 Å². The van der Waals surface area contributed by atoms with E-state index < -0.39 is 11.3 Å². The predicted octanol–water partition coefficient (Wildman–Crippen LogP) is 12.0. The lowest BCUT2D eigenvalue weighted by Gasteiger charge is -2.33. The van der Waals surface area contributed by atoms with E-state index in [0.717, 1.165) is 64.6 Å². The highest BCUT2D eigenvalue weighted by Gasteiger charge is 2.35. The third-order valence-electron chi connectivity index (χ3n) is 12.3. The standard InChI is InChI=1S/C57H70N8O6S/c1-14-64(15-2)45-21-19-43(20-22-45)59-50-51(56(8,9)10)61-65-53(50)60-52(62-65)40-31-41(54(66)58-35-39-17-16-37(3)30-38(39)4)33-44(32-40)63-72(67)71-49-34-42(57(11,12)36-55(5,6)7)18-27-48(49)70-29-28-69-47-25-23-46(68-13)24-26-47/h16-27,30-34,63H,14-15,28-29,35-36H2,1-13H3,(H,58,66). The molecule has 7 rings (SSSR count). The maximum absolute atomic E-state index is 14.3. The van der Waals surface area contributed by atoms with Crippen LogP contribution in [0.3, 0.4) is 0 Å². The van der Waals surface area contributed by atoms with Crippen LogP contribution in [0.4, 0.5) is 17.1 Å². The minimum atomic E-state index is -2.19. The number of carbonyl (C=O) groups excluding carboxylic acids is 1. The molecule has 0 bridgehead atoms. The second-order valence-electron chi connectivity index (χ2n) is 21.0. The normalized spacial score (nSPS) is 13.6. The molecular formula is C57H70N8O6S. The maximum atomic E-state index is 14.3. The first-order valence-electron chi connectivity index (χ1n) is 24.5. The largest absolute Gasteiger partial charge is 0.497 e. The number of rotatable bonds is 20. The lowest BCUT2D eigenvalue weighted by atomic mass is 9.72. The lowest BCUT2D eigenvalue weighted by molar-refractivity contribution is 0.0951. The van der Waals surface area contributed by atoms with Crippen molar-refractivity contribution >= 4 is 45.7 Å². The molecule has 15 heteroatoms. The quantitative estimate of drug-likeness (QED) is 0.0712. The van der Waals surface area contributed by atoms with Crippen LogP contribution in [0.2, 0.25) is 0 Å². The number of fused-ring (bicyclic) bond motifs is 1. The molecule has 0 aliphatic carbocycles. The van der Waals surface area contributed by atoms with Crippen LogP contribution in [0.15, 0.2) is 113 Å². The smallest absolute Gasteiger partial charge is 0.316 e. The Hall–Kier alpha value is -7.00. The number of nitrogens with one attached hydrogen (secondary N) is 2. The van der Waals surface area contributed by atoms with Gasteiger partial charge in [0.1, 0.15) is 30.4 Å². The van der Waals surface area contributed by atoms with Crippen LogP contribution in [-0.2, 0) is 23.2 Å². The highest BCUT2D eigenvalue weighted by atomic mass is 32.2. The fourth-order valence-electron chi connectivity index (χ4n) is 8.95. The van der Waals surface area contributed by atoms with Crippen molar-refractivity contribution in [2.45, 2.75) is 101 Å². The second kappa shape index (κ2) is 22.2. The van der Waals surface area contributed by atoms with Gasteiger partial charge in [0.25, 0.3) is 5.91 Å². The third-order valence-corrected chi connectivity index (χ3v) is 13.0. The molecule has 2 heterocycles.